The van der Waals surface area contributed by atoms with Crippen LogP contribution in [-0.4, -0.2) is 24.7 Å². The monoisotopic (exact) mass is 116 g/mol. The highest BCUT2D eigenvalue weighted by molar-refractivity contribution is 4.56. The molecule has 0 saturated carbocycles. The van der Waals surface area contributed by atoms with Gasteiger partial charge in [-0.05, 0) is 20.4 Å². The minimum absolute atomic E-state index is 0.625. The fraction of sp³-hybridized carbons (Fsp3) is 1.00. The lowest BCUT2D eigenvalue weighted by atomic mass is 10.2. The normalized spacial score (nSPS) is 14.6. The summed E-state index contributed by atoms with van der Waals surface area (Å²) in [5.41, 5.74) is 5.37. The Morgan fingerprint density at radius 2 is 2.12 bits per heavy atom. The molecule has 0 bridgehead atoms. The first-order valence-electron chi connectivity index (χ1n) is 3.12. The predicted molar refractivity (Wildman–Crippen MR) is 36.6 cm³/mol. The topological polar surface area (TPSA) is 29.3 Å². The lowest BCUT2D eigenvalue weighted by molar-refractivity contribution is 0.259. The van der Waals surface area contributed by atoms with Crippen molar-refractivity contribution in [2.24, 2.45) is 5.73 Å². The van der Waals surface area contributed by atoms with Crippen LogP contribution in [0.2, 0.25) is 0 Å². The second kappa shape index (κ2) is 3.87. The molecule has 0 aliphatic heterocycles. The first-order chi connectivity index (χ1) is 3.72. The zero-order valence-electron chi connectivity index (χ0n) is 6.02. The molecule has 1 unspecified atom stereocenters. The first-order valence-corrected chi connectivity index (χ1v) is 3.12. The average molecular weight is 116 g/mol. The molecule has 0 aliphatic rings. The SMILES string of the molecule is CCC(C)N(C)CN. The van der Waals surface area contributed by atoms with Gasteiger partial charge in [0.15, 0.2) is 0 Å². The summed E-state index contributed by atoms with van der Waals surface area (Å²) in [5, 5.41) is 0. The van der Waals surface area contributed by atoms with Crippen molar-refractivity contribution in [2.75, 3.05) is 13.7 Å². The van der Waals surface area contributed by atoms with Gasteiger partial charge in [0, 0.05) is 12.7 Å². The van der Waals surface area contributed by atoms with Crippen LogP contribution in [0.15, 0.2) is 0 Å². The van der Waals surface area contributed by atoms with E-state index in [1.165, 1.54) is 6.42 Å². The van der Waals surface area contributed by atoms with Crippen molar-refractivity contribution < 1.29 is 0 Å². The van der Waals surface area contributed by atoms with Crippen molar-refractivity contribution in [1.29, 1.82) is 0 Å². The maximum absolute atomic E-state index is 5.37. The number of hydrogen-bond acceptors (Lipinski definition) is 2. The minimum atomic E-state index is 0.625. The third-order valence-corrected chi connectivity index (χ3v) is 1.63. The number of rotatable bonds is 3. The van der Waals surface area contributed by atoms with Crippen molar-refractivity contribution in [2.45, 2.75) is 26.3 Å². The molecule has 50 valence electrons. The van der Waals surface area contributed by atoms with Crippen molar-refractivity contribution in [3.05, 3.63) is 0 Å². The Bertz CT molecular complexity index is 46.5. The Morgan fingerprint density at radius 3 is 2.25 bits per heavy atom. The molecule has 2 heteroatoms. The molecule has 8 heavy (non-hydrogen) atoms. The highest BCUT2D eigenvalue weighted by Gasteiger charge is 2.01. The largest absolute Gasteiger partial charge is 0.318 e. The van der Waals surface area contributed by atoms with Crippen LogP contribution in [0, 0.1) is 0 Å². The summed E-state index contributed by atoms with van der Waals surface area (Å²) >= 11 is 0. The molecule has 0 aromatic carbocycles. The zero-order chi connectivity index (χ0) is 6.57. The summed E-state index contributed by atoms with van der Waals surface area (Å²) in [7, 11) is 2.04. The molecule has 0 fully saturated rings. The summed E-state index contributed by atoms with van der Waals surface area (Å²) in [4.78, 5) is 2.12. The lowest BCUT2D eigenvalue weighted by Gasteiger charge is -2.20. The van der Waals surface area contributed by atoms with Crippen LogP contribution in [0.25, 0.3) is 0 Å². The Morgan fingerprint density at radius 1 is 1.62 bits per heavy atom. The number of nitrogens with zero attached hydrogens (tertiary/aromatic N) is 1. The van der Waals surface area contributed by atoms with E-state index in [0.29, 0.717) is 12.7 Å². The van der Waals surface area contributed by atoms with Crippen molar-refractivity contribution in [3.63, 3.8) is 0 Å². The van der Waals surface area contributed by atoms with Gasteiger partial charge in [-0.25, -0.2) is 0 Å². The fourth-order valence-electron chi connectivity index (χ4n) is 0.492. The van der Waals surface area contributed by atoms with Gasteiger partial charge in [-0.1, -0.05) is 6.92 Å². The summed E-state index contributed by atoms with van der Waals surface area (Å²) in [6.45, 7) is 5.00. The standard InChI is InChI=1S/C6H16N2/c1-4-6(2)8(3)5-7/h6H,4-5,7H2,1-3H3. The van der Waals surface area contributed by atoms with Gasteiger partial charge in [0.2, 0.25) is 0 Å². The molecular formula is C6H16N2. The van der Waals surface area contributed by atoms with Crippen molar-refractivity contribution in [1.82, 2.24) is 4.90 Å². The average Bonchev–Trinajstić information content (AvgIpc) is 1.84. The second-order valence-electron chi connectivity index (χ2n) is 2.20. The van der Waals surface area contributed by atoms with E-state index in [-0.39, 0.29) is 0 Å². The van der Waals surface area contributed by atoms with Crippen molar-refractivity contribution in [3.8, 4) is 0 Å². The number of nitrogens with two attached hydrogens (primary N) is 1. The van der Waals surface area contributed by atoms with Crippen LogP contribution in [0.4, 0.5) is 0 Å². The molecule has 0 aliphatic carbocycles. The fourth-order valence-corrected chi connectivity index (χ4v) is 0.492. The van der Waals surface area contributed by atoms with Crippen molar-refractivity contribution >= 4 is 0 Å². The maximum Gasteiger partial charge on any atom is 0.0454 e. The minimum Gasteiger partial charge on any atom is -0.318 e. The highest BCUT2D eigenvalue weighted by Crippen LogP contribution is 1.95. The summed E-state index contributed by atoms with van der Waals surface area (Å²) in [6.07, 6.45) is 1.17. The summed E-state index contributed by atoms with van der Waals surface area (Å²) in [5.74, 6) is 0. The van der Waals surface area contributed by atoms with Gasteiger partial charge in [0.1, 0.15) is 0 Å². The lowest BCUT2D eigenvalue weighted by Crippen LogP contribution is -2.33. The second-order valence-corrected chi connectivity index (χ2v) is 2.20. The van der Waals surface area contributed by atoms with Gasteiger partial charge in [-0.15, -0.1) is 0 Å². The molecular weight excluding hydrogens is 100 g/mol. The summed E-state index contributed by atoms with van der Waals surface area (Å²) < 4.78 is 0. The van der Waals surface area contributed by atoms with E-state index in [0.717, 1.165) is 0 Å². The Hall–Kier alpha value is -0.0800. The molecule has 1 atom stereocenters. The van der Waals surface area contributed by atoms with Crippen LogP contribution in [-0.2, 0) is 0 Å². The van der Waals surface area contributed by atoms with Crippen LogP contribution in [0.3, 0.4) is 0 Å². The van der Waals surface area contributed by atoms with Gasteiger partial charge in [-0.2, -0.15) is 0 Å². The Balaban J connectivity index is 3.29. The quantitative estimate of drug-likeness (QED) is 0.548. The molecule has 0 rings (SSSR count). The molecule has 2 N–H and O–H groups in total. The van der Waals surface area contributed by atoms with E-state index < -0.39 is 0 Å². The van der Waals surface area contributed by atoms with Gasteiger partial charge in [-0.3, -0.25) is 4.90 Å². The molecule has 0 saturated heterocycles. The van der Waals surface area contributed by atoms with Gasteiger partial charge < -0.3 is 5.73 Å². The highest BCUT2D eigenvalue weighted by atomic mass is 15.2. The predicted octanol–water partition coefficient (Wildman–Crippen LogP) is 0.633. The maximum atomic E-state index is 5.37. The Kier molecular flexibility index (Phi) is 3.83. The molecule has 0 aromatic heterocycles. The molecule has 2 nitrogen and oxygen atoms in total. The van der Waals surface area contributed by atoms with E-state index in [9.17, 15) is 0 Å². The third-order valence-electron chi connectivity index (χ3n) is 1.63. The van der Waals surface area contributed by atoms with E-state index in [1.807, 2.05) is 7.05 Å². The summed E-state index contributed by atoms with van der Waals surface area (Å²) in [6, 6.07) is 0.625. The van der Waals surface area contributed by atoms with Gasteiger partial charge in [0.25, 0.3) is 0 Å². The molecule has 0 spiro atoms. The smallest absolute Gasteiger partial charge is 0.0454 e. The molecule has 0 radical (unpaired) electrons. The van der Waals surface area contributed by atoms with Crippen LogP contribution in [0.1, 0.15) is 20.3 Å². The number of hydrogen-bond donors (Lipinski definition) is 1. The third kappa shape index (κ3) is 2.28. The first kappa shape index (κ1) is 7.92. The molecule has 0 heterocycles. The Labute approximate surface area is 51.7 Å². The van der Waals surface area contributed by atoms with E-state index in [2.05, 4.69) is 18.7 Å². The zero-order valence-corrected chi connectivity index (χ0v) is 6.02. The van der Waals surface area contributed by atoms with Gasteiger partial charge >= 0.3 is 0 Å². The van der Waals surface area contributed by atoms with E-state index in [4.69, 9.17) is 5.73 Å². The van der Waals surface area contributed by atoms with Crippen LogP contribution >= 0.6 is 0 Å². The van der Waals surface area contributed by atoms with E-state index in [1.54, 1.807) is 0 Å². The molecule has 0 aromatic rings. The van der Waals surface area contributed by atoms with Crippen LogP contribution < -0.4 is 5.73 Å². The van der Waals surface area contributed by atoms with Gasteiger partial charge in [0.05, 0.1) is 0 Å². The van der Waals surface area contributed by atoms with E-state index >= 15 is 0 Å². The van der Waals surface area contributed by atoms with Crippen LogP contribution in [0.5, 0.6) is 0 Å². The molecule has 0 amide bonds.